The number of nitrogens with zero attached hydrogens (tertiary/aromatic N) is 5. The summed E-state index contributed by atoms with van der Waals surface area (Å²) in [6.07, 6.45) is 6.64. The van der Waals surface area contributed by atoms with Crippen LogP contribution in [0.3, 0.4) is 0 Å². The molecule has 3 rings (SSSR count). The van der Waals surface area contributed by atoms with Crippen LogP contribution in [0.5, 0.6) is 0 Å². The zero-order valence-corrected chi connectivity index (χ0v) is 17.0. The maximum Gasteiger partial charge on any atom is 0.164 e. The number of thioether (sulfide) groups is 1. The Hall–Kier alpha value is -2.47. The molecule has 0 bridgehead atoms. The highest BCUT2D eigenvalue weighted by atomic mass is 32.3. The minimum Gasteiger partial charge on any atom is -0.616 e. The second-order valence-electron chi connectivity index (χ2n) is 5.94. The van der Waals surface area contributed by atoms with E-state index in [0.717, 1.165) is 18.4 Å². The molecule has 0 fully saturated rings. The van der Waals surface area contributed by atoms with E-state index in [2.05, 4.69) is 32.9 Å². The monoisotopic (exact) mass is 409 g/mol. The first kappa shape index (κ1) is 20.3. The van der Waals surface area contributed by atoms with Crippen LogP contribution in [0, 0.1) is 11.3 Å². The predicted octanol–water partition coefficient (Wildman–Crippen LogP) is 4.07. The number of hydrogen-bond acceptors (Lipinski definition) is 7. The van der Waals surface area contributed by atoms with Crippen LogP contribution in [-0.4, -0.2) is 35.3 Å². The van der Waals surface area contributed by atoms with E-state index in [9.17, 15) is 9.81 Å². The average molecular weight is 410 g/mol. The minimum absolute atomic E-state index is 0.393. The van der Waals surface area contributed by atoms with E-state index in [1.165, 1.54) is 18.1 Å². The molecular formula is C20H19N5OS2. The van der Waals surface area contributed by atoms with Gasteiger partial charge in [0.1, 0.15) is 28.7 Å². The molecule has 0 radical (unpaired) electrons. The molecule has 2 aromatic heterocycles. The predicted molar refractivity (Wildman–Crippen MR) is 112 cm³/mol. The van der Waals surface area contributed by atoms with E-state index in [1.54, 1.807) is 12.4 Å². The van der Waals surface area contributed by atoms with Crippen LogP contribution in [0.1, 0.15) is 25.3 Å². The highest BCUT2D eigenvalue weighted by molar-refractivity contribution is 8.12. The fourth-order valence-corrected chi connectivity index (χ4v) is 4.97. The third kappa shape index (κ3) is 5.07. The molecule has 8 heteroatoms. The van der Waals surface area contributed by atoms with Gasteiger partial charge in [-0.3, -0.25) is 0 Å². The van der Waals surface area contributed by atoms with Gasteiger partial charge in [-0.05, 0) is 17.6 Å². The van der Waals surface area contributed by atoms with Gasteiger partial charge in [0.2, 0.25) is 0 Å². The molecule has 0 spiro atoms. The van der Waals surface area contributed by atoms with Crippen LogP contribution in [0.25, 0.3) is 22.6 Å². The van der Waals surface area contributed by atoms with E-state index in [1.807, 2.05) is 30.3 Å². The van der Waals surface area contributed by atoms with Gasteiger partial charge in [-0.2, -0.15) is 5.26 Å². The fourth-order valence-electron chi connectivity index (χ4n) is 2.48. The molecule has 28 heavy (non-hydrogen) atoms. The molecule has 2 heterocycles. The first-order chi connectivity index (χ1) is 13.7. The van der Waals surface area contributed by atoms with Gasteiger partial charge in [0.05, 0.1) is 11.3 Å². The molecule has 0 saturated heterocycles. The number of rotatable bonds is 8. The van der Waals surface area contributed by atoms with E-state index >= 15 is 0 Å². The summed E-state index contributed by atoms with van der Waals surface area (Å²) in [6, 6.07) is 11.8. The Labute approximate surface area is 171 Å². The summed E-state index contributed by atoms with van der Waals surface area (Å²) in [5, 5.41) is 10.7. The van der Waals surface area contributed by atoms with Crippen molar-refractivity contribution in [3.63, 3.8) is 0 Å². The van der Waals surface area contributed by atoms with Crippen molar-refractivity contribution >= 4 is 22.9 Å². The number of benzene rings is 1. The molecular weight excluding hydrogens is 390 g/mol. The molecule has 0 aliphatic carbocycles. The lowest BCUT2D eigenvalue weighted by Gasteiger charge is -2.13. The largest absolute Gasteiger partial charge is 0.616 e. The van der Waals surface area contributed by atoms with Gasteiger partial charge in [-0.15, -0.1) is 0 Å². The second-order valence-corrected chi connectivity index (χ2v) is 8.85. The molecule has 0 aliphatic heterocycles. The van der Waals surface area contributed by atoms with Crippen molar-refractivity contribution in [2.24, 2.45) is 0 Å². The molecule has 0 aliphatic rings. The van der Waals surface area contributed by atoms with Crippen molar-refractivity contribution in [2.45, 2.75) is 24.8 Å². The van der Waals surface area contributed by atoms with Crippen LogP contribution in [0.2, 0.25) is 0 Å². The van der Waals surface area contributed by atoms with Gasteiger partial charge >= 0.3 is 0 Å². The highest BCUT2D eigenvalue weighted by Crippen LogP contribution is 2.32. The van der Waals surface area contributed by atoms with Crippen LogP contribution in [0.15, 0.2) is 54.1 Å². The first-order valence-electron chi connectivity index (χ1n) is 8.83. The number of hydrogen-bond donors (Lipinski definition) is 0. The van der Waals surface area contributed by atoms with Gasteiger partial charge in [0.25, 0.3) is 0 Å². The van der Waals surface area contributed by atoms with Crippen molar-refractivity contribution < 1.29 is 4.55 Å². The third-order valence-corrected chi connectivity index (χ3v) is 6.74. The maximum absolute atomic E-state index is 12.2. The average Bonchev–Trinajstić information content (AvgIpc) is 2.76. The van der Waals surface area contributed by atoms with Crippen LogP contribution in [0.4, 0.5) is 0 Å². The highest BCUT2D eigenvalue weighted by Gasteiger charge is 2.19. The summed E-state index contributed by atoms with van der Waals surface area (Å²) in [7, 11) is 0. The molecule has 0 N–H and O–H groups in total. The Morgan fingerprint density at radius 2 is 1.86 bits per heavy atom. The van der Waals surface area contributed by atoms with Crippen LogP contribution >= 0.6 is 11.8 Å². The fraction of sp³-hybridized carbons (Fsp3) is 0.250. The standard InChI is InChI=1S/C20H19N5OS2/c1-2-3-9-28(26)14-27-20-17(10-21)18(15-7-5-4-6-8-15)24-19(25-20)16-11-22-13-23-12-16/h4-8,11-13H,2-3,9,14H2,1H3. The van der Waals surface area contributed by atoms with Crippen molar-refractivity contribution in [1.29, 1.82) is 5.26 Å². The third-order valence-electron chi connectivity index (χ3n) is 3.91. The number of nitriles is 1. The molecule has 1 atom stereocenters. The summed E-state index contributed by atoms with van der Waals surface area (Å²) in [5.41, 5.74) is 2.44. The molecule has 0 saturated carbocycles. The number of aromatic nitrogens is 4. The quantitative estimate of drug-likeness (QED) is 0.314. The van der Waals surface area contributed by atoms with Gasteiger partial charge in [0, 0.05) is 18.0 Å². The number of unbranched alkanes of at least 4 members (excludes halogenated alkanes) is 1. The summed E-state index contributed by atoms with van der Waals surface area (Å²) in [5.74, 6) is 1.10. The van der Waals surface area contributed by atoms with E-state index in [4.69, 9.17) is 0 Å². The Balaban J connectivity index is 2.03. The Bertz CT molecular complexity index is 948. The lowest BCUT2D eigenvalue weighted by atomic mass is 10.1. The van der Waals surface area contributed by atoms with Crippen molar-refractivity contribution in [2.75, 3.05) is 10.8 Å². The summed E-state index contributed by atoms with van der Waals surface area (Å²) < 4.78 is 12.2. The minimum atomic E-state index is -0.964. The Morgan fingerprint density at radius 3 is 2.54 bits per heavy atom. The molecule has 0 amide bonds. The lowest BCUT2D eigenvalue weighted by Crippen LogP contribution is -2.09. The molecule has 1 unspecified atom stereocenters. The van der Waals surface area contributed by atoms with Gasteiger partial charge in [0.15, 0.2) is 10.9 Å². The molecule has 6 nitrogen and oxygen atoms in total. The summed E-state index contributed by atoms with van der Waals surface area (Å²) in [6.45, 7) is 2.07. The molecule has 3 aromatic rings. The van der Waals surface area contributed by atoms with E-state index < -0.39 is 11.2 Å². The lowest BCUT2D eigenvalue weighted by molar-refractivity contribution is 0.596. The van der Waals surface area contributed by atoms with Gasteiger partial charge in [-0.1, -0.05) is 55.4 Å². The Kier molecular flexibility index (Phi) is 7.37. The smallest absolute Gasteiger partial charge is 0.164 e. The summed E-state index contributed by atoms with van der Waals surface area (Å²) in [4.78, 5) is 17.2. The van der Waals surface area contributed by atoms with Crippen molar-refractivity contribution in [3.8, 4) is 28.7 Å². The first-order valence-corrected chi connectivity index (χ1v) is 11.3. The van der Waals surface area contributed by atoms with Crippen LogP contribution < -0.4 is 0 Å². The zero-order valence-electron chi connectivity index (χ0n) is 15.4. The normalized spacial score (nSPS) is 11.8. The van der Waals surface area contributed by atoms with Crippen molar-refractivity contribution in [1.82, 2.24) is 19.9 Å². The van der Waals surface area contributed by atoms with Crippen molar-refractivity contribution in [3.05, 3.63) is 54.6 Å². The Morgan fingerprint density at radius 1 is 1.11 bits per heavy atom. The van der Waals surface area contributed by atoms with Crippen LogP contribution in [-0.2, 0) is 11.2 Å². The van der Waals surface area contributed by atoms with E-state index in [-0.39, 0.29) is 0 Å². The zero-order chi connectivity index (χ0) is 19.8. The van der Waals surface area contributed by atoms with E-state index in [0.29, 0.717) is 38.5 Å². The van der Waals surface area contributed by atoms with Gasteiger partial charge < -0.3 is 4.55 Å². The maximum atomic E-state index is 12.2. The molecule has 1 aromatic carbocycles. The molecule has 142 valence electrons. The summed E-state index contributed by atoms with van der Waals surface area (Å²) >= 11 is 0.369. The second kappa shape index (κ2) is 10.2. The topological polar surface area (TPSA) is 98.4 Å². The SMILES string of the molecule is CCCC[S+]([O-])CSc1nc(-c2cncnc2)nc(-c2ccccc2)c1C#N. The van der Waals surface area contributed by atoms with Gasteiger partial charge in [-0.25, -0.2) is 19.9 Å².